The summed E-state index contributed by atoms with van der Waals surface area (Å²) in [4.78, 5) is 0. The lowest BCUT2D eigenvalue weighted by Gasteiger charge is -2.31. The lowest BCUT2D eigenvalue weighted by molar-refractivity contribution is -0.196. The topological polar surface area (TPSA) is 47.9 Å². The van der Waals surface area contributed by atoms with E-state index < -0.39 is 12.4 Å². The highest BCUT2D eigenvalue weighted by Crippen LogP contribution is 2.21. The molecule has 0 aliphatic carbocycles. The Morgan fingerprint density at radius 1 is 1.33 bits per heavy atom. The molecule has 0 radical (unpaired) electrons. The van der Waals surface area contributed by atoms with Crippen LogP contribution in [0, 0.1) is 0 Å². The van der Waals surface area contributed by atoms with Gasteiger partial charge in [0.2, 0.25) is 6.29 Å². The maximum Gasteiger partial charge on any atom is 0.238 e. The van der Waals surface area contributed by atoms with E-state index in [0.29, 0.717) is 11.5 Å². The van der Waals surface area contributed by atoms with Gasteiger partial charge < -0.3 is 19.3 Å². The SMILES string of the molecule is COC1OC(C)=C(C)OC1CO. The van der Waals surface area contributed by atoms with Crippen LogP contribution in [-0.2, 0) is 14.2 Å². The second-order valence-electron chi connectivity index (χ2n) is 2.67. The van der Waals surface area contributed by atoms with Gasteiger partial charge in [-0.05, 0) is 13.8 Å². The molecule has 0 saturated heterocycles. The Morgan fingerprint density at radius 2 is 1.92 bits per heavy atom. The molecular formula is C8H14O4. The first kappa shape index (κ1) is 9.35. The number of ether oxygens (including phenoxy) is 3. The minimum Gasteiger partial charge on any atom is -0.483 e. The van der Waals surface area contributed by atoms with Crippen molar-refractivity contribution in [3.63, 3.8) is 0 Å². The van der Waals surface area contributed by atoms with Crippen LogP contribution in [0.3, 0.4) is 0 Å². The van der Waals surface area contributed by atoms with Crippen molar-refractivity contribution in [2.45, 2.75) is 26.2 Å². The van der Waals surface area contributed by atoms with E-state index in [9.17, 15) is 0 Å². The zero-order chi connectivity index (χ0) is 9.14. The lowest BCUT2D eigenvalue weighted by atomic mass is 10.3. The van der Waals surface area contributed by atoms with Crippen molar-refractivity contribution in [2.75, 3.05) is 13.7 Å². The van der Waals surface area contributed by atoms with Gasteiger partial charge >= 0.3 is 0 Å². The molecule has 0 fully saturated rings. The highest BCUT2D eigenvalue weighted by Gasteiger charge is 2.29. The van der Waals surface area contributed by atoms with E-state index in [1.54, 1.807) is 13.8 Å². The molecule has 0 aromatic rings. The molecule has 70 valence electrons. The van der Waals surface area contributed by atoms with Gasteiger partial charge in [-0.15, -0.1) is 0 Å². The van der Waals surface area contributed by atoms with E-state index in [0.717, 1.165) is 0 Å². The molecular weight excluding hydrogens is 160 g/mol. The largest absolute Gasteiger partial charge is 0.483 e. The fourth-order valence-corrected chi connectivity index (χ4v) is 1.02. The van der Waals surface area contributed by atoms with Gasteiger partial charge in [-0.1, -0.05) is 0 Å². The molecule has 1 heterocycles. The summed E-state index contributed by atoms with van der Waals surface area (Å²) < 4.78 is 15.6. The van der Waals surface area contributed by atoms with E-state index in [1.807, 2.05) is 0 Å². The van der Waals surface area contributed by atoms with Crippen LogP contribution in [0.25, 0.3) is 0 Å². The first-order valence-corrected chi connectivity index (χ1v) is 3.83. The van der Waals surface area contributed by atoms with Gasteiger partial charge in [0.05, 0.1) is 6.61 Å². The second kappa shape index (κ2) is 3.78. The zero-order valence-corrected chi connectivity index (χ0v) is 7.53. The van der Waals surface area contributed by atoms with Crippen molar-refractivity contribution < 1.29 is 19.3 Å². The highest BCUT2D eigenvalue weighted by molar-refractivity contribution is 4.99. The zero-order valence-electron chi connectivity index (χ0n) is 7.53. The normalized spacial score (nSPS) is 29.7. The Balaban J connectivity index is 2.68. The standard InChI is InChI=1S/C8H14O4/c1-5-6(2)12-8(10-3)7(4-9)11-5/h7-9H,4H2,1-3H3. The number of rotatable bonds is 2. The van der Waals surface area contributed by atoms with Crippen LogP contribution in [0.2, 0.25) is 0 Å². The number of hydrogen-bond acceptors (Lipinski definition) is 4. The van der Waals surface area contributed by atoms with Crippen molar-refractivity contribution in [1.29, 1.82) is 0 Å². The van der Waals surface area contributed by atoms with Gasteiger partial charge in [0.15, 0.2) is 6.10 Å². The molecule has 1 aliphatic heterocycles. The van der Waals surface area contributed by atoms with Crippen molar-refractivity contribution in [1.82, 2.24) is 0 Å². The minimum absolute atomic E-state index is 0.108. The maximum absolute atomic E-state index is 8.89. The quantitative estimate of drug-likeness (QED) is 0.666. The summed E-state index contributed by atoms with van der Waals surface area (Å²) in [5, 5.41) is 8.89. The van der Waals surface area contributed by atoms with Crippen LogP contribution in [0.4, 0.5) is 0 Å². The molecule has 1 aliphatic rings. The van der Waals surface area contributed by atoms with Gasteiger partial charge in [0.25, 0.3) is 0 Å². The van der Waals surface area contributed by atoms with Crippen molar-refractivity contribution in [3.05, 3.63) is 11.5 Å². The van der Waals surface area contributed by atoms with Gasteiger partial charge in [0, 0.05) is 7.11 Å². The Labute approximate surface area is 71.7 Å². The van der Waals surface area contributed by atoms with Crippen LogP contribution >= 0.6 is 0 Å². The Bertz CT molecular complexity index is 167. The van der Waals surface area contributed by atoms with E-state index in [2.05, 4.69) is 0 Å². The van der Waals surface area contributed by atoms with Crippen LogP contribution in [0.1, 0.15) is 13.8 Å². The van der Waals surface area contributed by atoms with Crippen molar-refractivity contribution in [2.24, 2.45) is 0 Å². The summed E-state index contributed by atoms with van der Waals surface area (Å²) in [5.74, 6) is 1.40. The molecule has 2 unspecified atom stereocenters. The van der Waals surface area contributed by atoms with E-state index >= 15 is 0 Å². The molecule has 0 bridgehead atoms. The average molecular weight is 174 g/mol. The number of hydrogen-bond donors (Lipinski definition) is 1. The molecule has 0 spiro atoms. The van der Waals surface area contributed by atoms with Crippen LogP contribution in [0.15, 0.2) is 11.5 Å². The minimum atomic E-state index is -0.501. The molecule has 1 N–H and O–H groups in total. The Hall–Kier alpha value is -0.740. The summed E-state index contributed by atoms with van der Waals surface area (Å²) >= 11 is 0. The molecule has 0 amide bonds. The molecule has 4 nitrogen and oxygen atoms in total. The van der Waals surface area contributed by atoms with E-state index in [4.69, 9.17) is 19.3 Å². The first-order valence-electron chi connectivity index (χ1n) is 3.83. The third-order valence-corrected chi connectivity index (χ3v) is 1.83. The number of methoxy groups -OCH3 is 1. The van der Waals surface area contributed by atoms with Gasteiger partial charge in [0.1, 0.15) is 11.5 Å². The summed E-state index contributed by atoms with van der Waals surface area (Å²) in [6, 6.07) is 0. The monoisotopic (exact) mass is 174 g/mol. The van der Waals surface area contributed by atoms with Crippen molar-refractivity contribution in [3.8, 4) is 0 Å². The number of aliphatic hydroxyl groups excluding tert-OH is 1. The molecule has 0 saturated carbocycles. The summed E-state index contributed by atoms with van der Waals surface area (Å²) in [5.41, 5.74) is 0. The summed E-state index contributed by atoms with van der Waals surface area (Å²) in [6.45, 7) is 3.49. The van der Waals surface area contributed by atoms with E-state index in [1.165, 1.54) is 7.11 Å². The molecule has 4 heteroatoms. The van der Waals surface area contributed by atoms with Gasteiger partial charge in [-0.25, -0.2) is 0 Å². The first-order chi connectivity index (χ1) is 5.69. The second-order valence-corrected chi connectivity index (χ2v) is 2.67. The Morgan fingerprint density at radius 3 is 2.42 bits per heavy atom. The third kappa shape index (κ3) is 1.70. The van der Waals surface area contributed by atoms with Crippen LogP contribution in [-0.4, -0.2) is 31.2 Å². The third-order valence-electron chi connectivity index (χ3n) is 1.83. The number of allylic oxidation sites excluding steroid dienone is 2. The predicted molar refractivity (Wildman–Crippen MR) is 42.2 cm³/mol. The van der Waals surface area contributed by atoms with Gasteiger partial charge in [-0.2, -0.15) is 0 Å². The highest BCUT2D eigenvalue weighted by atomic mass is 16.7. The lowest BCUT2D eigenvalue weighted by Crippen LogP contribution is -2.38. The predicted octanol–water partition coefficient (Wildman–Crippen LogP) is 0.618. The fraction of sp³-hybridized carbons (Fsp3) is 0.750. The summed E-state index contributed by atoms with van der Waals surface area (Å²) in [7, 11) is 1.52. The van der Waals surface area contributed by atoms with E-state index in [-0.39, 0.29) is 6.61 Å². The molecule has 1 rings (SSSR count). The van der Waals surface area contributed by atoms with Crippen molar-refractivity contribution >= 4 is 0 Å². The average Bonchev–Trinajstić information content (AvgIpc) is 2.09. The number of aliphatic hydroxyl groups is 1. The molecule has 0 aromatic heterocycles. The smallest absolute Gasteiger partial charge is 0.238 e. The summed E-state index contributed by atoms with van der Waals surface area (Å²) in [6.07, 6.45) is -0.919. The molecule has 2 atom stereocenters. The van der Waals surface area contributed by atoms with Crippen LogP contribution in [0.5, 0.6) is 0 Å². The Kier molecular flexibility index (Phi) is 2.94. The molecule has 12 heavy (non-hydrogen) atoms. The molecule has 0 aromatic carbocycles. The maximum atomic E-state index is 8.89. The van der Waals surface area contributed by atoms with Gasteiger partial charge in [-0.3, -0.25) is 0 Å². The fourth-order valence-electron chi connectivity index (χ4n) is 1.02. The van der Waals surface area contributed by atoms with Crippen LogP contribution < -0.4 is 0 Å².